The molecule has 2 rings (SSSR count). The predicted octanol–water partition coefficient (Wildman–Crippen LogP) is 2.82. The van der Waals surface area contributed by atoms with Crippen LogP contribution in [0, 0.1) is 6.92 Å². The maximum Gasteiger partial charge on any atom is 0.193 e. The molecule has 0 aliphatic carbocycles. The zero-order chi connectivity index (χ0) is 13.1. The van der Waals surface area contributed by atoms with E-state index < -0.39 is 0 Å². The molecule has 3 heteroatoms. The molecule has 0 aliphatic rings. The molecule has 0 spiro atoms. The van der Waals surface area contributed by atoms with Crippen LogP contribution in [-0.2, 0) is 0 Å². The van der Waals surface area contributed by atoms with Crippen molar-refractivity contribution in [2.45, 2.75) is 6.92 Å². The van der Waals surface area contributed by atoms with Gasteiger partial charge in [-0.2, -0.15) is 0 Å². The number of hydrogen-bond donors (Lipinski definition) is 1. The Bertz CT molecular complexity index is 574. The van der Waals surface area contributed by atoms with E-state index in [1.807, 2.05) is 31.2 Å². The molecule has 0 aliphatic heterocycles. The minimum Gasteiger partial charge on any atom is -0.495 e. The molecule has 0 unspecified atom stereocenters. The van der Waals surface area contributed by atoms with Gasteiger partial charge in [0, 0.05) is 11.1 Å². The third-order valence-corrected chi connectivity index (χ3v) is 2.81. The summed E-state index contributed by atoms with van der Waals surface area (Å²) in [5, 5.41) is 0. The van der Waals surface area contributed by atoms with Gasteiger partial charge in [-0.15, -0.1) is 0 Å². The second kappa shape index (κ2) is 4.92. The number of benzene rings is 2. The van der Waals surface area contributed by atoms with Crippen molar-refractivity contribution in [1.29, 1.82) is 0 Å². The third kappa shape index (κ3) is 2.35. The van der Waals surface area contributed by atoms with Gasteiger partial charge in [0.25, 0.3) is 0 Å². The number of nitrogen functional groups attached to an aromatic ring is 1. The normalized spacial score (nSPS) is 10.1. The molecule has 0 bridgehead atoms. The Morgan fingerprint density at radius 3 is 2.28 bits per heavy atom. The van der Waals surface area contributed by atoms with Gasteiger partial charge in [0.1, 0.15) is 5.75 Å². The Labute approximate surface area is 106 Å². The molecule has 2 N–H and O–H groups in total. The van der Waals surface area contributed by atoms with Crippen LogP contribution >= 0.6 is 0 Å². The van der Waals surface area contributed by atoms with Gasteiger partial charge < -0.3 is 10.5 Å². The Balaban J connectivity index is 2.37. The van der Waals surface area contributed by atoms with Crippen LogP contribution in [-0.4, -0.2) is 12.9 Å². The monoisotopic (exact) mass is 241 g/mol. The zero-order valence-electron chi connectivity index (χ0n) is 10.4. The summed E-state index contributed by atoms with van der Waals surface area (Å²) in [6, 6.07) is 12.5. The molecule has 0 atom stereocenters. The number of anilines is 1. The molecular formula is C15H15NO2. The van der Waals surface area contributed by atoms with E-state index in [9.17, 15) is 4.79 Å². The van der Waals surface area contributed by atoms with Crippen LogP contribution in [0.2, 0.25) is 0 Å². The highest BCUT2D eigenvalue weighted by molar-refractivity contribution is 6.09. The van der Waals surface area contributed by atoms with Crippen LogP contribution in [0.1, 0.15) is 21.5 Å². The predicted molar refractivity (Wildman–Crippen MR) is 72.0 cm³/mol. The summed E-state index contributed by atoms with van der Waals surface area (Å²) in [4.78, 5) is 12.2. The molecule has 0 heterocycles. The summed E-state index contributed by atoms with van der Waals surface area (Å²) < 4.78 is 5.11. The van der Waals surface area contributed by atoms with Gasteiger partial charge in [0.05, 0.1) is 12.8 Å². The fourth-order valence-electron chi connectivity index (χ4n) is 1.72. The second-order valence-corrected chi connectivity index (χ2v) is 4.15. The largest absolute Gasteiger partial charge is 0.495 e. The van der Waals surface area contributed by atoms with Crippen molar-refractivity contribution >= 4 is 11.5 Å². The molecular weight excluding hydrogens is 226 g/mol. The first-order valence-corrected chi connectivity index (χ1v) is 5.66. The Morgan fingerprint density at radius 1 is 1.06 bits per heavy atom. The SMILES string of the molecule is COc1cc(C(=O)c2ccc(C)cc2)ccc1N. The second-order valence-electron chi connectivity index (χ2n) is 4.15. The highest BCUT2D eigenvalue weighted by atomic mass is 16.5. The molecule has 2 aromatic carbocycles. The van der Waals surface area contributed by atoms with E-state index in [-0.39, 0.29) is 5.78 Å². The molecule has 0 aromatic heterocycles. The minimum atomic E-state index is -0.0340. The number of aryl methyl sites for hydroxylation is 1. The van der Waals surface area contributed by atoms with E-state index in [2.05, 4.69) is 0 Å². The number of methoxy groups -OCH3 is 1. The fourth-order valence-corrected chi connectivity index (χ4v) is 1.72. The minimum absolute atomic E-state index is 0.0340. The van der Waals surface area contributed by atoms with E-state index in [0.717, 1.165) is 5.56 Å². The first-order chi connectivity index (χ1) is 8.61. The van der Waals surface area contributed by atoms with Gasteiger partial charge in [0.15, 0.2) is 5.78 Å². The van der Waals surface area contributed by atoms with Crippen molar-refractivity contribution in [3.63, 3.8) is 0 Å². The molecule has 92 valence electrons. The summed E-state index contributed by atoms with van der Waals surface area (Å²) in [6.07, 6.45) is 0. The highest BCUT2D eigenvalue weighted by Gasteiger charge is 2.11. The van der Waals surface area contributed by atoms with Gasteiger partial charge in [0.2, 0.25) is 0 Å². The maximum absolute atomic E-state index is 12.2. The number of carbonyl (C=O) groups excluding carboxylic acids is 1. The zero-order valence-corrected chi connectivity index (χ0v) is 10.4. The third-order valence-electron chi connectivity index (χ3n) is 2.81. The summed E-state index contributed by atoms with van der Waals surface area (Å²) in [5.41, 5.74) is 8.61. The van der Waals surface area contributed by atoms with Gasteiger partial charge in [-0.1, -0.05) is 29.8 Å². The van der Waals surface area contributed by atoms with Crippen molar-refractivity contribution in [1.82, 2.24) is 0 Å². The topological polar surface area (TPSA) is 52.3 Å². The first-order valence-electron chi connectivity index (χ1n) is 5.66. The van der Waals surface area contributed by atoms with E-state index in [1.165, 1.54) is 7.11 Å². The van der Waals surface area contributed by atoms with Gasteiger partial charge in [-0.3, -0.25) is 4.79 Å². The Hall–Kier alpha value is -2.29. The van der Waals surface area contributed by atoms with Crippen molar-refractivity contribution in [3.05, 3.63) is 59.2 Å². The standard InChI is InChI=1S/C15H15NO2/c1-10-3-5-11(6-4-10)15(17)12-7-8-13(16)14(9-12)18-2/h3-9H,16H2,1-2H3. The van der Waals surface area contributed by atoms with E-state index >= 15 is 0 Å². The molecule has 0 saturated heterocycles. The molecule has 2 aromatic rings. The molecule has 0 fully saturated rings. The van der Waals surface area contributed by atoms with E-state index in [4.69, 9.17) is 10.5 Å². The number of rotatable bonds is 3. The summed E-state index contributed by atoms with van der Waals surface area (Å²) in [7, 11) is 1.53. The lowest BCUT2D eigenvalue weighted by molar-refractivity contribution is 0.103. The van der Waals surface area contributed by atoms with Crippen molar-refractivity contribution in [3.8, 4) is 5.75 Å². The average Bonchev–Trinajstić information content (AvgIpc) is 2.39. The van der Waals surface area contributed by atoms with Crippen LogP contribution < -0.4 is 10.5 Å². The van der Waals surface area contributed by atoms with Crippen LogP contribution in [0.4, 0.5) is 5.69 Å². The average molecular weight is 241 g/mol. The molecule has 0 amide bonds. The number of ether oxygens (including phenoxy) is 1. The van der Waals surface area contributed by atoms with Crippen LogP contribution in [0.3, 0.4) is 0 Å². The number of hydrogen-bond acceptors (Lipinski definition) is 3. The number of carbonyl (C=O) groups is 1. The van der Waals surface area contributed by atoms with Gasteiger partial charge in [-0.05, 0) is 25.1 Å². The van der Waals surface area contributed by atoms with Crippen LogP contribution in [0.5, 0.6) is 5.75 Å². The van der Waals surface area contributed by atoms with Crippen molar-refractivity contribution < 1.29 is 9.53 Å². The molecule has 18 heavy (non-hydrogen) atoms. The quantitative estimate of drug-likeness (QED) is 0.664. The van der Waals surface area contributed by atoms with Crippen molar-refractivity contribution in [2.24, 2.45) is 0 Å². The number of nitrogens with two attached hydrogens (primary N) is 1. The molecule has 0 radical (unpaired) electrons. The van der Waals surface area contributed by atoms with Gasteiger partial charge >= 0.3 is 0 Å². The molecule has 3 nitrogen and oxygen atoms in total. The maximum atomic E-state index is 12.2. The van der Waals surface area contributed by atoms with Crippen molar-refractivity contribution in [2.75, 3.05) is 12.8 Å². The lowest BCUT2D eigenvalue weighted by Gasteiger charge is -2.07. The Kier molecular flexibility index (Phi) is 3.33. The first kappa shape index (κ1) is 12.2. The van der Waals surface area contributed by atoms with Gasteiger partial charge in [-0.25, -0.2) is 0 Å². The lowest BCUT2D eigenvalue weighted by Crippen LogP contribution is -2.02. The van der Waals surface area contributed by atoms with Crippen LogP contribution in [0.25, 0.3) is 0 Å². The lowest BCUT2D eigenvalue weighted by atomic mass is 10.0. The highest BCUT2D eigenvalue weighted by Crippen LogP contribution is 2.23. The summed E-state index contributed by atoms with van der Waals surface area (Å²) in [5.74, 6) is 0.487. The number of ketones is 1. The fraction of sp³-hybridized carbons (Fsp3) is 0.133. The van der Waals surface area contributed by atoms with E-state index in [1.54, 1.807) is 18.2 Å². The smallest absolute Gasteiger partial charge is 0.193 e. The van der Waals surface area contributed by atoms with E-state index in [0.29, 0.717) is 22.6 Å². The summed E-state index contributed by atoms with van der Waals surface area (Å²) in [6.45, 7) is 1.99. The molecule has 0 saturated carbocycles. The Morgan fingerprint density at radius 2 is 1.67 bits per heavy atom. The summed E-state index contributed by atoms with van der Waals surface area (Å²) >= 11 is 0. The van der Waals surface area contributed by atoms with Crippen LogP contribution in [0.15, 0.2) is 42.5 Å².